The molecule has 25 nitrogen and oxygen atoms in total. The monoisotopic (exact) mass is 2030 g/mol. The summed E-state index contributed by atoms with van der Waals surface area (Å²) in [6.07, 6.45) is -1.02. The van der Waals surface area contributed by atoms with E-state index >= 15 is 0 Å². The van der Waals surface area contributed by atoms with Gasteiger partial charge in [-0.1, -0.05) is 236 Å². The van der Waals surface area contributed by atoms with Crippen LogP contribution >= 0.6 is 35.0 Å². The number of benzene rings is 11. The van der Waals surface area contributed by atoms with Crippen molar-refractivity contribution in [3.05, 3.63) is 324 Å². The van der Waals surface area contributed by atoms with Gasteiger partial charge in [-0.05, 0) is 195 Å². The highest BCUT2D eigenvalue weighted by molar-refractivity contribution is 7.99. The van der Waals surface area contributed by atoms with Crippen molar-refractivity contribution in [1.29, 1.82) is 0 Å². The van der Waals surface area contributed by atoms with Crippen molar-refractivity contribution in [3.63, 3.8) is 0 Å². The molecule has 748 valence electrons. The Hall–Kier alpha value is -11.6. The average molecular weight is 2040 g/mol. The standard InChI is InChI=1S/C27H27FN4.C24H18FN5O.C23H29NO3S.C19H27N3O3S.C14H17Cl2F3N2O3S/c1-30-15-17-31(18-16-30)20-23-19-29-32(27(23)25-9-5-6-10-26(25)28)24-13-11-22(12-14-24)21-7-3-2-4-8-21;25-21-9-5-4-8-20(21)24-22(16-26-23-14-15-31-28-23)27-29-30(24)19-12-10-18(11-13-19)17-6-2-1-3-7-17;1-23(2,3)17-10-12-18(13-11-17)28-21-9-5-4-8-20(21)27-16-15-24-14-6-7-19(24)22(25)26;1-14-10-20-11-15(2)22(14)13-17(23)12-21-26(24,25)19-9-5-7-16-6-3-4-8-18(16)19;15-9-4-10(16)6-12(5-9)25(23,24)20-7-11(22)8-21-3-1-2-13(21)14(17,18)19/h2-14,19H,15-18,20H2,1H3;1-15H,16H2,(H,26,28);4-5,8-13,19H,6-7,14-16H2,1-3H3,(H,25,26);3-9,14-15,17,20-21,23H,10-13H2,1-2H3;4-6,11,13,20,22H,1-3,7-8H2/t;;19-;14-,15+,17-;11-,13?/m..010/s1. The molecule has 6 atom stereocenters. The molecule has 11 aromatic carbocycles. The normalized spacial score (nSPS) is 17.2. The van der Waals surface area contributed by atoms with E-state index in [0.717, 1.165) is 125 Å². The number of alkyl halides is 3. The number of ether oxygens (including phenoxy) is 1. The lowest BCUT2D eigenvalue weighted by Crippen LogP contribution is -2.57. The van der Waals surface area contributed by atoms with Crippen LogP contribution in [0.3, 0.4) is 0 Å². The van der Waals surface area contributed by atoms with E-state index in [9.17, 15) is 58.9 Å². The Morgan fingerprint density at radius 1 is 0.606 bits per heavy atom. The number of hydrogen-bond acceptors (Lipinski definition) is 21. The molecule has 4 saturated heterocycles. The number of aromatic nitrogens is 6. The van der Waals surface area contributed by atoms with Crippen LogP contribution in [0.15, 0.2) is 310 Å². The van der Waals surface area contributed by atoms with E-state index in [1.165, 1.54) is 52.6 Å². The molecule has 0 radical (unpaired) electrons. The van der Waals surface area contributed by atoms with Gasteiger partial charge in [0.15, 0.2) is 5.82 Å². The summed E-state index contributed by atoms with van der Waals surface area (Å²) in [7, 11) is -5.53. The zero-order valence-electron chi connectivity index (χ0n) is 79.7. The first kappa shape index (κ1) is 106. The van der Waals surface area contributed by atoms with Gasteiger partial charge in [0.2, 0.25) is 20.0 Å². The molecule has 0 amide bonds. The third-order valence-corrected chi connectivity index (χ3v) is 29.4. The lowest BCUT2D eigenvalue weighted by molar-refractivity contribution is -0.178. The summed E-state index contributed by atoms with van der Waals surface area (Å²) < 4.78 is 137. The van der Waals surface area contributed by atoms with E-state index < -0.39 is 57.0 Å². The van der Waals surface area contributed by atoms with E-state index in [4.69, 9.17) is 37.6 Å². The van der Waals surface area contributed by atoms with E-state index in [1.54, 1.807) is 65.0 Å². The van der Waals surface area contributed by atoms with Crippen LogP contribution in [0.4, 0.5) is 27.8 Å². The smallest absolute Gasteiger partial charge is 0.404 e. The largest absolute Gasteiger partial charge is 0.491 e. The molecule has 1 unspecified atom stereocenters. The summed E-state index contributed by atoms with van der Waals surface area (Å²) in [4.78, 5) is 23.7. The number of likely N-dealkylation sites (N-methyl/N-ethyl adjacent to an activating group) is 1. The molecule has 4 aliphatic rings. The molecule has 14 aromatic rings. The Kier molecular flexibility index (Phi) is 37.1. The molecule has 4 fully saturated rings. The first-order chi connectivity index (χ1) is 68.2. The molecule has 3 aromatic heterocycles. The van der Waals surface area contributed by atoms with Gasteiger partial charge in [-0.3, -0.25) is 24.4 Å². The second-order valence-electron chi connectivity index (χ2n) is 36.4. The fraction of sp³-hybridized carbons (Fsp3) is 0.318. The maximum Gasteiger partial charge on any atom is 0.404 e. The van der Waals surface area contributed by atoms with Crippen molar-refractivity contribution in [3.8, 4) is 61.9 Å². The number of aliphatic hydroxyl groups excluding tert-OH is 2. The molecule has 4 aliphatic heterocycles. The molecule has 18 rings (SSSR count). The van der Waals surface area contributed by atoms with Crippen molar-refractivity contribution in [1.82, 2.24) is 69.2 Å². The number of fused-ring (bicyclic) bond motifs is 1. The lowest BCUT2D eigenvalue weighted by atomic mass is 9.87. The number of β-amino-alcohol motifs (C(OH)–C–C–N with tert-alkyl or cyclic N) is 2. The van der Waals surface area contributed by atoms with Crippen molar-refractivity contribution in [2.24, 2.45) is 0 Å². The Labute approximate surface area is 840 Å². The van der Waals surface area contributed by atoms with Gasteiger partial charge in [0.1, 0.15) is 53.7 Å². The van der Waals surface area contributed by atoms with Crippen LogP contribution in [0.5, 0.6) is 5.75 Å². The SMILES string of the molecule is CC(C)(C)c1ccc(Sc2ccccc2OCCN2CCC[C@H]2C(=O)O)cc1.CN1CCN(Cc2cnn(-c3ccc(-c4ccccc4)cc3)c2-c2ccccc2F)CC1.C[C@@H]1CNC[C@H](C)N1C[C@H](O)CNS(=O)(=O)c1cccc2ccccc12.Fc1ccccc1-c1c(CNc2ccon2)nnn1-c1ccc(-c2ccccc2)cc1.O=S(=O)(NC[C@H](O)CN1CCCC1C(F)(F)F)c1cc(Cl)cc(Cl)c1. The number of piperazine rings is 2. The third-order valence-electron chi connectivity index (χ3n) is 25.1. The first-order valence-electron chi connectivity index (χ1n) is 47.1. The summed E-state index contributed by atoms with van der Waals surface area (Å²) in [5.41, 5.74) is 11.8. The summed E-state index contributed by atoms with van der Waals surface area (Å²) in [6.45, 7) is 19.7. The highest BCUT2D eigenvalue weighted by Crippen LogP contribution is 2.39. The number of nitrogens with zero attached hydrogens (tertiary/aromatic N) is 11. The van der Waals surface area contributed by atoms with Crippen LogP contribution in [0.2, 0.25) is 10.0 Å². The molecule has 7 heterocycles. The highest BCUT2D eigenvalue weighted by Gasteiger charge is 2.46. The van der Waals surface area contributed by atoms with Crippen LogP contribution < -0.4 is 24.8 Å². The number of aliphatic carboxylic acids is 1. The third kappa shape index (κ3) is 28.9. The molecule has 0 bridgehead atoms. The van der Waals surface area contributed by atoms with Gasteiger partial charge in [0.25, 0.3) is 0 Å². The number of aliphatic hydroxyl groups is 2. The zero-order chi connectivity index (χ0) is 101. The van der Waals surface area contributed by atoms with E-state index in [1.807, 2.05) is 131 Å². The quantitative estimate of drug-likeness (QED) is 0.0206. The minimum absolute atomic E-state index is 0.00504. The summed E-state index contributed by atoms with van der Waals surface area (Å²) in [6, 6.07) is 83.6. The molecular formula is C107H118Cl2F5N15O10S3. The van der Waals surface area contributed by atoms with Gasteiger partial charge in [0.05, 0.1) is 56.7 Å². The number of sulfonamides is 2. The Balaban J connectivity index is 0.000000141. The Morgan fingerprint density at radius 2 is 1.15 bits per heavy atom. The van der Waals surface area contributed by atoms with E-state index in [2.05, 4.69) is 171 Å². The molecule has 142 heavy (non-hydrogen) atoms. The van der Waals surface area contributed by atoms with Gasteiger partial charge < -0.3 is 40.1 Å². The number of carbonyl (C=O) groups is 1. The average Bonchev–Trinajstić information content (AvgIpc) is 1.54. The van der Waals surface area contributed by atoms with E-state index in [-0.39, 0.29) is 69.0 Å². The van der Waals surface area contributed by atoms with Crippen LogP contribution in [0.1, 0.15) is 77.1 Å². The van der Waals surface area contributed by atoms with E-state index in [0.29, 0.717) is 78.5 Å². The number of anilines is 1. The number of carboxylic acid groups (broad SMARTS) is 1. The minimum Gasteiger partial charge on any atom is -0.491 e. The van der Waals surface area contributed by atoms with Crippen LogP contribution in [-0.4, -0.2) is 234 Å². The number of para-hydroxylation sites is 1. The molecule has 7 N–H and O–H groups in total. The first-order valence-corrected chi connectivity index (χ1v) is 51.7. The zero-order valence-corrected chi connectivity index (χ0v) is 83.7. The number of likely N-dealkylation sites (tertiary alicyclic amines) is 2. The highest BCUT2D eigenvalue weighted by atomic mass is 35.5. The molecular weight excluding hydrogens is 1920 g/mol. The molecule has 35 heteroatoms. The fourth-order valence-electron chi connectivity index (χ4n) is 17.5. The van der Waals surface area contributed by atoms with Crippen LogP contribution in [0.25, 0.3) is 66.9 Å². The van der Waals surface area contributed by atoms with Crippen molar-refractivity contribution in [2.75, 3.05) is 104 Å². The number of halogens is 7. The number of rotatable bonds is 30. The summed E-state index contributed by atoms with van der Waals surface area (Å²) >= 11 is 13.2. The predicted molar refractivity (Wildman–Crippen MR) is 549 cm³/mol. The summed E-state index contributed by atoms with van der Waals surface area (Å²) in [5.74, 6) is 0.122. The van der Waals surface area contributed by atoms with Gasteiger partial charge in [-0.25, -0.2) is 44.4 Å². The van der Waals surface area contributed by atoms with Gasteiger partial charge in [-0.2, -0.15) is 18.3 Å². The van der Waals surface area contributed by atoms with Crippen molar-refractivity contribution >= 4 is 77.6 Å². The van der Waals surface area contributed by atoms with Gasteiger partial charge in [-0.15, -0.1) is 5.10 Å². The van der Waals surface area contributed by atoms with Gasteiger partial charge >= 0.3 is 12.1 Å². The van der Waals surface area contributed by atoms with Crippen LogP contribution in [0, 0.1) is 11.6 Å². The molecule has 0 spiro atoms. The Bertz CT molecular complexity index is 6640. The summed E-state index contributed by atoms with van der Waals surface area (Å²) in [5, 5.41) is 55.0. The maximum atomic E-state index is 14.9. The molecule has 0 aliphatic carbocycles. The number of hydrogen-bond donors (Lipinski definition) is 7. The minimum atomic E-state index is -4.37. The second kappa shape index (κ2) is 49.6. The van der Waals surface area contributed by atoms with Crippen molar-refractivity contribution in [2.45, 2.75) is 141 Å². The van der Waals surface area contributed by atoms with Crippen LogP contribution in [-0.2, 0) is 43.3 Å². The fourth-order valence-corrected chi connectivity index (χ4v) is 21.5. The number of nitrogens with one attached hydrogen (secondary N) is 4. The van der Waals surface area contributed by atoms with Gasteiger partial charge in [0, 0.05) is 134 Å². The Morgan fingerprint density at radius 3 is 1.76 bits per heavy atom. The van der Waals surface area contributed by atoms with Crippen molar-refractivity contribution < 1.29 is 68.2 Å². The lowest BCUT2D eigenvalue weighted by Gasteiger charge is -2.40. The molecule has 0 saturated carbocycles. The second-order valence-corrected chi connectivity index (χ2v) is 41.9. The predicted octanol–water partition coefficient (Wildman–Crippen LogP) is 19.3. The number of carboxylic acids is 1. The topological polar surface area (TPSA) is 294 Å². The maximum absolute atomic E-state index is 14.9.